The molecule has 0 unspecified atom stereocenters. The van der Waals surface area contributed by atoms with Crippen LogP contribution in [0.2, 0.25) is 0 Å². The molecule has 3 N–H and O–H groups in total. The Hall–Kier alpha value is -1.19. The summed E-state index contributed by atoms with van der Waals surface area (Å²) in [5.74, 6) is 0.0848. The Morgan fingerprint density at radius 1 is 1.29 bits per heavy atom. The van der Waals surface area contributed by atoms with E-state index in [9.17, 15) is 9.90 Å². The molecule has 1 rings (SSSR count). The van der Waals surface area contributed by atoms with Crippen LogP contribution in [0, 0.1) is 0 Å². The van der Waals surface area contributed by atoms with Gasteiger partial charge >= 0.3 is 0 Å². The topological polar surface area (TPSA) is 63.3 Å². The third-order valence-electron chi connectivity index (χ3n) is 2.67. The number of nitrogens with two attached hydrogens (primary N) is 1. The van der Waals surface area contributed by atoms with Gasteiger partial charge in [0.1, 0.15) is 0 Å². The van der Waals surface area contributed by atoms with Crippen LogP contribution in [0.25, 0.3) is 0 Å². The minimum Gasteiger partial charge on any atom is -0.390 e. The van der Waals surface area contributed by atoms with Gasteiger partial charge in [-0.2, -0.15) is 0 Å². The van der Waals surface area contributed by atoms with Gasteiger partial charge in [0.05, 0.1) is 5.60 Å². The van der Waals surface area contributed by atoms with E-state index in [4.69, 9.17) is 5.73 Å². The van der Waals surface area contributed by atoms with Crippen LogP contribution in [0.3, 0.4) is 0 Å². The van der Waals surface area contributed by atoms with E-state index in [-0.39, 0.29) is 5.78 Å². The molecule has 0 aliphatic carbocycles. The highest BCUT2D eigenvalue weighted by Gasteiger charge is 2.12. The third-order valence-corrected chi connectivity index (χ3v) is 2.67. The SMILES string of the molecule is CC(C)(O)CCc1ccc(C(=O)CCN)cc1. The number of carbonyl (C=O) groups excluding carboxylic acids is 1. The maximum absolute atomic E-state index is 11.6. The lowest BCUT2D eigenvalue weighted by Crippen LogP contribution is -2.19. The van der Waals surface area contributed by atoms with Gasteiger partial charge < -0.3 is 10.8 Å². The zero-order valence-corrected chi connectivity index (χ0v) is 10.6. The quantitative estimate of drug-likeness (QED) is 0.740. The van der Waals surface area contributed by atoms with Crippen molar-refractivity contribution in [1.29, 1.82) is 0 Å². The summed E-state index contributed by atoms with van der Waals surface area (Å²) in [4.78, 5) is 11.6. The van der Waals surface area contributed by atoms with Crippen molar-refractivity contribution in [3.05, 3.63) is 35.4 Å². The second-order valence-corrected chi connectivity index (χ2v) is 4.97. The molecular formula is C14H21NO2. The van der Waals surface area contributed by atoms with Crippen molar-refractivity contribution in [2.24, 2.45) is 5.73 Å². The number of Topliss-reactive ketones (excluding diaryl/α,β-unsaturated/α-hetero) is 1. The third kappa shape index (κ3) is 5.11. The largest absolute Gasteiger partial charge is 0.390 e. The zero-order chi connectivity index (χ0) is 12.9. The van der Waals surface area contributed by atoms with E-state index in [1.54, 1.807) is 13.8 Å². The minimum atomic E-state index is -0.645. The molecule has 0 heterocycles. The summed E-state index contributed by atoms with van der Waals surface area (Å²) in [5, 5.41) is 9.62. The summed E-state index contributed by atoms with van der Waals surface area (Å²) in [5.41, 5.74) is 6.55. The van der Waals surface area contributed by atoms with Crippen molar-refractivity contribution >= 4 is 5.78 Å². The highest BCUT2D eigenvalue weighted by atomic mass is 16.3. The molecule has 0 amide bonds. The Balaban J connectivity index is 2.59. The van der Waals surface area contributed by atoms with Gasteiger partial charge in [0.15, 0.2) is 5.78 Å². The van der Waals surface area contributed by atoms with E-state index in [1.165, 1.54) is 0 Å². The number of aliphatic hydroxyl groups is 1. The Morgan fingerprint density at radius 3 is 2.35 bits per heavy atom. The van der Waals surface area contributed by atoms with Gasteiger partial charge in [-0.1, -0.05) is 24.3 Å². The summed E-state index contributed by atoms with van der Waals surface area (Å²) < 4.78 is 0. The summed E-state index contributed by atoms with van der Waals surface area (Å²) in [7, 11) is 0. The van der Waals surface area contributed by atoms with Crippen LogP contribution in [0.4, 0.5) is 0 Å². The average molecular weight is 235 g/mol. The molecule has 3 nitrogen and oxygen atoms in total. The molecule has 0 atom stereocenters. The van der Waals surface area contributed by atoms with Crippen molar-refractivity contribution in [3.63, 3.8) is 0 Å². The van der Waals surface area contributed by atoms with Crippen molar-refractivity contribution in [2.45, 2.75) is 38.7 Å². The lowest BCUT2D eigenvalue weighted by atomic mass is 9.97. The molecule has 0 saturated carbocycles. The maximum Gasteiger partial charge on any atom is 0.164 e. The van der Waals surface area contributed by atoms with Crippen LogP contribution in [-0.4, -0.2) is 23.0 Å². The predicted molar refractivity (Wildman–Crippen MR) is 69.1 cm³/mol. The van der Waals surface area contributed by atoms with Crippen LogP contribution < -0.4 is 5.73 Å². The molecule has 0 radical (unpaired) electrons. The minimum absolute atomic E-state index is 0.0848. The Labute approximate surface area is 103 Å². The Bertz CT molecular complexity index is 363. The molecule has 0 bridgehead atoms. The highest BCUT2D eigenvalue weighted by Crippen LogP contribution is 2.14. The summed E-state index contributed by atoms with van der Waals surface area (Å²) in [6, 6.07) is 7.54. The number of ketones is 1. The van der Waals surface area contributed by atoms with E-state index in [1.807, 2.05) is 24.3 Å². The number of aryl methyl sites for hydroxylation is 1. The molecule has 94 valence electrons. The monoisotopic (exact) mass is 235 g/mol. The zero-order valence-electron chi connectivity index (χ0n) is 10.6. The lowest BCUT2D eigenvalue weighted by molar-refractivity contribution is 0.0713. The van der Waals surface area contributed by atoms with Crippen LogP contribution >= 0.6 is 0 Å². The summed E-state index contributed by atoms with van der Waals surface area (Å²) in [6.07, 6.45) is 1.92. The van der Waals surface area contributed by atoms with E-state index in [0.717, 1.165) is 12.0 Å². The first-order valence-corrected chi connectivity index (χ1v) is 5.97. The van der Waals surface area contributed by atoms with Gasteiger partial charge in [-0.05, 0) is 38.8 Å². The van der Waals surface area contributed by atoms with Crippen molar-refractivity contribution in [1.82, 2.24) is 0 Å². The fraction of sp³-hybridized carbons (Fsp3) is 0.500. The molecule has 0 aromatic heterocycles. The normalized spacial score (nSPS) is 11.5. The molecular weight excluding hydrogens is 214 g/mol. The first kappa shape index (κ1) is 13.9. The van der Waals surface area contributed by atoms with Crippen LogP contribution in [0.1, 0.15) is 42.6 Å². The van der Waals surface area contributed by atoms with Crippen molar-refractivity contribution in [2.75, 3.05) is 6.54 Å². The van der Waals surface area contributed by atoms with E-state index in [2.05, 4.69) is 0 Å². The number of hydrogen-bond donors (Lipinski definition) is 2. The highest BCUT2D eigenvalue weighted by molar-refractivity contribution is 5.96. The van der Waals surface area contributed by atoms with Gasteiger partial charge in [-0.25, -0.2) is 0 Å². The number of rotatable bonds is 6. The van der Waals surface area contributed by atoms with Gasteiger partial charge in [-0.15, -0.1) is 0 Å². The molecule has 0 saturated heterocycles. The number of hydrogen-bond acceptors (Lipinski definition) is 3. The van der Waals surface area contributed by atoms with E-state index >= 15 is 0 Å². The lowest BCUT2D eigenvalue weighted by Gasteiger charge is -2.16. The molecule has 0 aliphatic heterocycles. The standard InChI is InChI=1S/C14H21NO2/c1-14(2,17)9-7-11-3-5-12(6-4-11)13(16)8-10-15/h3-6,17H,7-10,15H2,1-2H3. The predicted octanol–water partition coefficient (Wildman–Crippen LogP) is 1.92. The second-order valence-electron chi connectivity index (χ2n) is 4.97. The van der Waals surface area contributed by atoms with Crippen LogP contribution in [0.15, 0.2) is 24.3 Å². The van der Waals surface area contributed by atoms with Gasteiger partial charge in [0.2, 0.25) is 0 Å². The molecule has 3 heteroatoms. The second kappa shape index (κ2) is 5.94. The van der Waals surface area contributed by atoms with E-state index in [0.29, 0.717) is 24.9 Å². The molecule has 1 aromatic carbocycles. The fourth-order valence-corrected chi connectivity index (χ4v) is 1.58. The number of carbonyl (C=O) groups is 1. The molecule has 1 aromatic rings. The molecule has 0 fully saturated rings. The molecule has 17 heavy (non-hydrogen) atoms. The van der Waals surface area contributed by atoms with E-state index < -0.39 is 5.60 Å². The van der Waals surface area contributed by atoms with Crippen LogP contribution in [0.5, 0.6) is 0 Å². The smallest absolute Gasteiger partial charge is 0.164 e. The fourth-order valence-electron chi connectivity index (χ4n) is 1.58. The molecule has 0 spiro atoms. The van der Waals surface area contributed by atoms with Crippen LogP contribution in [-0.2, 0) is 6.42 Å². The van der Waals surface area contributed by atoms with Gasteiger partial charge in [0, 0.05) is 12.0 Å². The first-order valence-electron chi connectivity index (χ1n) is 5.97. The van der Waals surface area contributed by atoms with Gasteiger partial charge in [0.25, 0.3) is 0 Å². The van der Waals surface area contributed by atoms with Crippen molar-refractivity contribution < 1.29 is 9.90 Å². The molecule has 0 aliphatic rings. The summed E-state index contributed by atoms with van der Waals surface area (Å²) in [6.45, 7) is 3.98. The average Bonchev–Trinajstić information content (AvgIpc) is 2.26. The first-order chi connectivity index (χ1) is 7.92. The Kier molecular flexibility index (Phi) is 4.85. The maximum atomic E-state index is 11.6. The van der Waals surface area contributed by atoms with Crippen molar-refractivity contribution in [3.8, 4) is 0 Å². The Morgan fingerprint density at radius 2 is 1.88 bits per heavy atom. The summed E-state index contributed by atoms with van der Waals surface area (Å²) >= 11 is 0. The number of benzene rings is 1. The van der Waals surface area contributed by atoms with Gasteiger partial charge in [-0.3, -0.25) is 4.79 Å².